The van der Waals surface area contributed by atoms with Crippen LogP contribution < -0.4 is 0 Å². The number of amides is 1. The van der Waals surface area contributed by atoms with Gasteiger partial charge in [-0.05, 0) is 49.2 Å². The molecule has 0 spiro atoms. The summed E-state index contributed by atoms with van der Waals surface area (Å²) >= 11 is 7.55. The van der Waals surface area contributed by atoms with E-state index in [1.165, 1.54) is 16.9 Å². The van der Waals surface area contributed by atoms with Gasteiger partial charge in [-0.15, -0.1) is 11.3 Å². The molecule has 7 heteroatoms. The summed E-state index contributed by atoms with van der Waals surface area (Å²) in [6.45, 7) is 6.39. The van der Waals surface area contributed by atoms with Gasteiger partial charge in [0, 0.05) is 43.1 Å². The molecule has 0 unspecified atom stereocenters. The second kappa shape index (κ2) is 9.06. The van der Waals surface area contributed by atoms with Crippen LogP contribution in [0.1, 0.15) is 20.9 Å². The van der Waals surface area contributed by atoms with Crippen LogP contribution in [0.3, 0.4) is 0 Å². The summed E-state index contributed by atoms with van der Waals surface area (Å²) in [7, 11) is 0. The lowest BCUT2D eigenvalue weighted by molar-refractivity contribution is 0.0643. The van der Waals surface area contributed by atoms with Crippen molar-refractivity contribution in [1.29, 1.82) is 0 Å². The molecule has 0 saturated carbocycles. The van der Waals surface area contributed by atoms with E-state index in [-0.39, 0.29) is 5.91 Å². The SMILES string of the molecule is Cc1nn(-c2ccc(Cl)cc2)c2sc(C(=O)N3CCN(CCc4ccccc4)CC3)cc12. The van der Waals surface area contributed by atoms with Crippen molar-refractivity contribution in [3.63, 3.8) is 0 Å². The number of halogens is 1. The molecular weight excluding hydrogens is 440 g/mol. The van der Waals surface area contributed by atoms with Crippen LogP contribution in [-0.2, 0) is 6.42 Å². The molecule has 2 aromatic carbocycles. The third kappa shape index (κ3) is 4.31. The second-order valence-corrected chi connectivity index (χ2v) is 9.64. The molecule has 0 aliphatic carbocycles. The van der Waals surface area contributed by atoms with E-state index >= 15 is 0 Å². The Morgan fingerprint density at radius 1 is 1.03 bits per heavy atom. The molecule has 2 aromatic heterocycles. The van der Waals surface area contributed by atoms with Crippen molar-refractivity contribution in [2.75, 3.05) is 32.7 Å². The number of carbonyl (C=O) groups is 1. The number of aryl methyl sites for hydroxylation is 1. The van der Waals surface area contributed by atoms with Crippen molar-refractivity contribution >= 4 is 39.1 Å². The zero-order chi connectivity index (χ0) is 22.1. The first-order chi connectivity index (χ1) is 15.6. The molecule has 0 atom stereocenters. The lowest BCUT2D eigenvalue weighted by atomic mass is 10.1. The fourth-order valence-electron chi connectivity index (χ4n) is 4.17. The molecule has 0 N–H and O–H groups in total. The highest BCUT2D eigenvalue weighted by atomic mass is 35.5. The Bertz CT molecular complexity index is 1220. The summed E-state index contributed by atoms with van der Waals surface area (Å²) in [5, 5.41) is 6.40. The largest absolute Gasteiger partial charge is 0.335 e. The van der Waals surface area contributed by atoms with Crippen LogP contribution >= 0.6 is 22.9 Å². The number of thiophene rings is 1. The normalized spacial score (nSPS) is 14.9. The molecule has 3 heterocycles. The van der Waals surface area contributed by atoms with E-state index in [1.54, 1.807) is 0 Å². The van der Waals surface area contributed by atoms with Crippen LogP contribution in [0.2, 0.25) is 5.02 Å². The third-order valence-corrected chi connectivity index (χ3v) is 7.40. The number of rotatable bonds is 5. The fourth-order valence-corrected chi connectivity index (χ4v) is 5.45. The van der Waals surface area contributed by atoms with Crippen molar-refractivity contribution in [2.45, 2.75) is 13.3 Å². The average Bonchev–Trinajstić information content (AvgIpc) is 3.39. The molecule has 0 radical (unpaired) electrons. The van der Waals surface area contributed by atoms with Gasteiger partial charge < -0.3 is 4.90 Å². The molecule has 1 aliphatic rings. The average molecular weight is 465 g/mol. The molecular formula is C25H25ClN4OS. The Morgan fingerprint density at radius 3 is 2.47 bits per heavy atom. The van der Waals surface area contributed by atoms with Crippen molar-refractivity contribution in [2.24, 2.45) is 0 Å². The van der Waals surface area contributed by atoms with E-state index in [0.717, 1.165) is 65.6 Å². The molecule has 0 bridgehead atoms. The van der Waals surface area contributed by atoms with Crippen LogP contribution in [0.25, 0.3) is 15.9 Å². The quantitative estimate of drug-likeness (QED) is 0.415. The standard InChI is InChI=1S/C25H25ClN4OS/c1-18-22-17-23(32-25(22)30(27-18)21-9-7-20(26)8-10-21)24(31)29-15-13-28(14-16-29)12-11-19-5-3-2-4-6-19/h2-10,17H,11-16H2,1H3. The van der Waals surface area contributed by atoms with Gasteiger partial charge in [0.2, 0.25) is 0 Å². The van der Waals surface area contributed by atoms with Crippen LogP contribution in [0, 0.1) is 6.92 Å². The Balaban J connectivity index is 1.26. The fraction of sp³-hybridized carbons (Fsp3) is 0.280. The first-order valence-electron chi connectivity index (χ1n) is 10.9. The summed E-state index contributed by atoms with van der Waals surface area (Å²) in [5.41, 5.74) is 3.23. The second-order valence-electron chi connectivity index (χ2n) is 8.17. The Labute approximate surface area is 196 Å². The zero-order valence-corrected chi connectivity index (χ0v) is 19.6. The van der Waals surface area contributed by atoms with Crippen LogP contribution in [-0.4, -0.2) is 58.2 Å². The molecule has 164 valence electrons. The van der Waals surface area contributed by atoms with E-state index in [0.29, 0.717) is 5.02 Å². The van der Waals surface area contributed by atoms with Crippen molar-refractivity contribution < 1.29 is 4.79 Å². The first-order valence-corrected chi connectivity index (χ1v) is 12.1. The number of aromatic nitrogens is 2. The topological polar surface area (TPSA) is 41.4 Å². The summed E-state index contributed by atoms with van der Waals surface area (Å²) in [6.07, 6.45) is 1.05. The number of benzene rings is 2. The maximum Gasteiger partial charge on any atom is 0.264 e. The molecule has 1 aliphatic heterocycles. The lowest BCUT2D eigenvalue weighted by Crippen LogP contribution is -2.48. The molecule has 1 saturated heterocycles. The summed E-state index contributed by atoms with van der Waals surface area (Å²) < 4.78 is 1.91. The molecule has 4 aromatic rings. The number of hydrogen-bond acceptors (Lipinski definition) is 4. The Hall–Kier alpha value is -2.67. The molecule has 5 nitrogen and oxygen atoms in total. The van der Waals surface area contributed by atoms with Gasteiger partial charge in [0.05, 0.1) is 16.3 Å². The highest BCUT2D eigenvalue weighted by Gasteiger charge is 2.25. The van der Waals surface area contributed by atoms with Crippen LogP contribution in [0.5, 0.6) is 0 Å². The highest BCUT2D eigenvalue weighted by molar-refractivity contribution is 7.20. The monoisotopic (exact) mass is 464 g/mol. The predicted molar refractivity (Wildman–Crippen MR) is 131 cm³/mol. The number of piperazine rings is 1. The summed E-state index contributed by atoms with van der Waals surface area (Å²) in [4.78, 5) is 19.4. The molecule has 32 heavy (non-hydrogen) atoms. The predicted octanol–water partition coefficient (Wildman–Crippen LogP) is 5.05. The van der Waals surface area contributed by atoms with E-state index in [1.807, 2.05) is 46.8 Å². The zero-order valence-electron chi connectivity index (χ0n) is 18.0. The van der Waals surface area contributed by atoms with Gasteiger partial charge >= 0.3 is 0 Å². The van der Waals surface area contributed by atoms with Crippen molar-refractivity contribution in [1.82, 2.24) is 19.6 Å². The first kappa shape index (κ1) is 21.2. The highest BCUT2D eigenvalue weighted by Crippen LogP contribution is 2.31. The molecule has 1 amide bonds. The van der Waals surface area contributed by atoms with E-state index < -0.39 is 0 Å². The minimum absolute atomic E-state index is 0.121. The van der Waals surface area contributed by atoms with E-state index in [9.17, 15) is 4.79 Å². The van der Waals surface area contributed by atoms with Gasteiger partial charge in [0.1, 0.15) is 4.83 Å². The van der Waals surface area contributed by atoms with Crippen molar-refractivity contribution in [3.05, 3.63) is 81.8 Å². The van der Waals surface area contributed by atoms with Gasteiger partial charge in [0.25, 0.3) is 5.91 Å². The van der Waals surface area contributed by atoms with Crippen LogP contribution in [0.15, 0.2) is 60.7 Å². The number of hydrogen-bond donors (Lipinski definition) is 0. The van der Waals surface area contributed by atoms with Gasteiger partial charge in [-0.25, -0.2) is 4.68 Å². The minimum atomic E-state index is 0.121. The van der Waals surface area contributed by atoms with E-state index in [4.69, 9.17) is 11.6 Å². The smallest absolute Gasteiger partial charge is 0.264 e. The number of nitrogens with zero attached hydrogens (tertiary/aromatic N) is 4. The maximum atomic E-state index is 13.2. The van der Waals surface area contributed by atoms with Gasteiger partial charge in [-0.3, -0.25) is 9.69 Å². The molecule has 1 fully saturated rings. The lowest BCUT2D eigenvalue weighted by Gasteiger charge is -2.34. The third-order valence-electron chi connectivity index (χ3n) is 6.05. The minimum Gasteiger partial charge on any atom is -0.335 e. The summed E-state index contributed by atoms with van der Waals surface area (Å²) in [6, 6.07) is 20.2. The number of carbonyl (C=O) groups excluding carboxylic acids is 1. The van der Waals surface area contributed by atoms with Crippen molar-refractivity contribution in [3.8, 4) is 5.69 Å². The number of fused-ring (bicyclic) bond motifs is 1. The Morgan fingerprint density at radius 2 is 1.75 bits per heavy atom. The summed E-state index contributed by atoms with van der Waals surface area (Å²) in [5.74, 6) is 0.121. The van der Waals surface area contributed by atoms with Gasteiger partial charge in [-0.1, -0.05) is 41.9 Å². The van der Waals surface area contributed by atoms with E-state index in [2.05, 4.69) is 40.3 Å². The Kier molecular flexibility index (Phi) is 6.00. The van der Waals surface area contributed by atoms with Gasteiger partial charge in [-0.2, -0.15) is 5.10 Å². The van der Waals surface area contributed by atoms with Gasteiger partial charge in [0.15, 0.2) is 0 Å². The molecule has 5 rings (SSSR count). The van der Waals surface area contributed by atoms with Crippen LogP contribution in [0.4, 0.5) is 0 Å². The maximum absolute atomic E-state index is 13.2.